The minimum atomic E-state index is 0.453. The van der Waals surface area contributed by atoms with Crippen LogP contribution >= 0.6 is 15.9 Å². The Balaban J connectivity index is 2.29. The zero-order chi connectivity index (χ0) is 13.1. The molecular weight excluding hydrogens is 292 g/mol. The number of anilines is 1. The van der Waals surface area contributed by atoms with Crippen molar-refractivity contribution in [3.63, 3.8) is 0 Å². The molecule has 90 valence electrons. The zero-order valence-electron chi connectivity index (χ0n) is 9.77. The average Bonchev–Trinajstić information content (AvgIpc) is 2.36. The summed E-state index contributed by atoms with van der Waals surface area (Å²) >= 11 is 3.43. The number of hydrogen-bond acceptors (Lipinski definition) is 3. The van der Waals surface area contributed by atoms with Crippen molar-refractivity contribution in [3.05, 3.63) is 52.0 Å². The molecule has 0 amide bonds. The second-order valence-corrected chi connectivity index (χ2v) is 4.73. The molecule has 0 saturated carbocycles. The lowest BCUT2D eigenvalue weighted by Gasteiger charge is -2.09. The summed E-state index contributed by atoms with van der Waals surface area (Å²) in [4.78, 5) is 0. The normalized spacial score (nSPS) is 9.83. The lowest BCUT2D eigenvalue weighted by Crippen LogP contribution is -1.93. The van der Waals surface area contributed by atoms with E-state index in [1.54, 1.807) is 18.2 Å². The van der Waals surface area contributed by atoms with Crippen molar-refractivity contribution in [2.45, 2.75) is 6.92 Å². The maximum Gasteiger partial charge on any atom is 0.150 e. The van der Waals surface area contributed by atoms with E-state index in [1.807, 2.05) is 31.2 Å². The predicted octanol–water partition coefficient (Wildman–Crippen LogP) is 4.00. The van der Waals surface area contributed by atoms with Crippen molar-refractivity contribution in [1.82, 2.24) is 0 Å². The van der Waals surface area contributed by atoms with Crippen molar-refractivity contribution in [2.75, 3.05) is 5.73 Å². The standard InChI is InChI=1S/C14H11BrN2O/c1-9-6-11(3-4-12(9)15)18-14-5-2-10(8-16)7-13(14)17/h2-7H,17H2,1H3. The Bertz CT molecular complexity index is 632. The number of ether oxygens (including phenoxy) is 1. The van der Waals surface area contributed by atoms with E-state index in [2.05, 4.69) is 15.9 Å². The average molecular weight is 303 g/mol. The molecule has 0 bridgehead atoms. The SMILES string of the molecule is Cc1cc(Oc2ccc(C#N)cc2N)ccc1Br. The van der Waals surface area contributed by atoms with Crippen LogP contribution in [-0.2, 0) is 0 Å². The van der Waals surface area contributed by atoms with E-state index in [1.165, 1.54) is 0 Å². The number of benzene rings is 2. The maximum absolute atomic E-state index is 8.76. The highest BCUT2D eigenvalue weighted by atomic mass is 79.9. The summed E-state index contributed by atoms with van der Waals surface area (Å²) in [6, 6.07) is 12.7. The van der Waals surface area contributed by atoms with Gasteiger partial charge in [-0.15, -0.1) is 0 Å². The lowest BCUT2D eigenvalue weighted by atomic mass is 10.2. The van der Waals surface area contributed by atoms with Gasteiger partial charge in [-0.25, -0.2) is 0 Å². The Kier molecular flexibility index (Phi) is 3.54. The van der Waals surface area contributed by atoms with E-state index >= 15 is 0 Å². The summed E-state index contributed by atoms with van der Waals surface area (Å²) in [7, 11) is 0. The fourth-order valence-electron chi connectivity index (χ4n) is 1.52. The molecule has 0 unspecified atom stereocenters. The number of nitrogen functional groups attached to an aromatic ring is 1. The molecule has 0 aliphatic carbocycles. The molecule has 2 N–H and O–H groups in total. The molecule has 0 aliphatic rings. The van der Waals surface area contributed by atoms with Crippen LogP contribution in [0.2, 0.25) is 0 Å². The quantitative estimate of drug-likeness (QED) is 0.853. The molecule has 0 heterocycles. The molecule has 3 nitrogen and oxygen atoms in total. The highest BCUT2D eigenvalue weighted by molar-refractivity contribution is 9.10. The van der Waals surface area contributed by atoms with Gasteiger partial charge in [-0.05, 0) is 48.9 Å². The van der Waals surface area contributed by atoms with E-state index in [9.17, 15) is 0 Å². The number of aryl methyl sites for hydroxylation is 1. The third kappa shape index (κ3) is 2.63. The number of nitrogens with two attached hydrogens (primary N) is 1. The Labute approximate surface area is 114 Å². The van der Waals surface area contributed by atoms with Gasteiger partial charge in [0.1, 0.15) is 11.5 Å². The van der Waals surface area contributed by atoms with Crippen molar-refractivity contribution in [1.29, 1.82) is 5.26 Å². The molecule has 2 aromatic carbocycles. The number of rotatable bonds is 2. The molecule has 0 fully saturated rings. The zero-order valence-corrected chi connectivity index (χ0v) is 11.4. The van der Waals surface area contributed by atoms with Gasteiger partial charge in [-0.3, -0.25) is 0 Å². The van der Waals surface area contributed by atoms with Gasteiger partial charge >= 0.3 is 0 Å². The van der Waals surface area contributed by atoms with Gasteiger partial charge in [0.05, 0.1) is 17.3 Å². The number of nitriles is 1. The van der Waals surface area contributed by atoms with Crippen molar-refractivity contribution >= 4 is 21.6 Å². The van der Waals surface area contributed by atoms with Crippen molar-refractivity contribution in [3.8, 4) is 17.6 Å². The molecule has 4 heteroatoms. The second-order valence-electron chi connectivity index (χ2n) is 3.88. The van der Waals surface area contributed by atoms with Gasteiger partial charge in [0.25, 0.3) is 0 Å². The van der Waals surface area contributed by atoms with Gasteiger partial charge in [-0.1, -0.05) is 15.9 Å². The fraction of sp³-hybridized carbons (Fsp3) is 0.0714. The fourth-order valence-corrected chi connectivity index (χ4v) is 1.77. The predicted molar refractivity (Wildman–Crippen MR) is 74.5 cm³/mol. The summed E-state index contributed by atoms with van der Waals surface area (Å²) in [5.74, 6) is 1.27. The van der Waals surface area contributed by atoms with Crippen LogP contribution in [0.5, 0.6) is 11.5 Å². The molecule has 0 atom stereocenters. The van der Waals surface area contributed by atoms with Gasteiger partial charge in [0.15, 0.2) is 0 Å². The van der Waals surface area contributed by atoms with E-state index in [-0.39, 0.29) is 0 Å². The van der Waals surface area contributed by atoms with Gasteiger partial charge in [0, 0.05) is 4.47 Å². The maximum atomic E-state index is 8.76. The highest BCUT2D eigenvalue weighted by Crippen LogP contribution is 2.30. The largest absolute Gasteiger partial charge is 0.455 e. The molecule has 0 spiro atoms. The second kappa shape index (κ2) is 5.11. The summed E-state index contributed by atoms with van der Waals surface area (Å²) in [5, 5.41) is 8.76. The third-order valence-electron chi connectivity index (χ3n) is 2.50. The van der Waals surface area contributed by atoms with E-state index < -0.39 is 0 Å². The molecule has 0 radical (unpaired) electrons. The molecule has 0 aromatic heterocycles. The summed E-state index contributed by atoms with van der Waals surface area (Å²) in [6.45, 7) is 1.99. The molecule has 0 saturated heterocycles. The van der Waals surface area contributed by atoms with E-state index in [0.29, 0.717) is 22.7 Å². The molecule has 2 aromatic rings. The first-order valence-corrected chi connectivity index (χ1v) is 6.13. The van der Waals surface area contributed by atoms with Crippen LogP contribution in [0.3, 0.4) is 0 Å². The monoisotopic (exact) mass is 302 g/mol. The highest BCUT2D eigenvalue weighted by Gasteiger charge is 2.04. The topological polar surface area (TPSA) is 59.0 Å². The van der Waals surface area contributed by atoms with Gasteiger partial charge < -0.3 is 10.5 Å². The van der Waals surface area contributed by atoms with Crippen LogP contribution in [0.15, 0.2) is 40.9 Å². The number of hydrogen-bond donors (Lipinski definition) is 1. The van der Waals surface area contributed by atoms with Crippen molar-refractivity contribution < 1.29 is 4.74 Å². The summed E-state index contributed by atoms with van der Waals surface area (Å²) in [5.41, 5.74) is 7.88. The molecule has 0 aliphatic heterocycles. The van der Waals surface area contributed by atoms with Crippen LogP contribution in [0.25, 0.3) is 0 Å². The first-order chi connectivity index (χ1) is 8.60. The molecular formula is C14H11BrN2O. The third-order valence-corrected chi connectivity index (χ3v) is 3.39. The van der Waals surface area contributed by atoms with Crippen LogP contribution in [0.4, 0.5) is 5.69 Å². The summed E-state index contributed by atoms with van der Waals surface area (Å²) < 4.78 is 6.72. The van der Waals surface area contributed by atoms with Gasteiger partial charge in [-0.2, -0.15) is 5.26 Å². The number of halogens is 1. The molecule has 18 heavy (non-hydrogen) atoms. The minimum Gasteiger partial charge on any atom is -0.455 e. The first kappa shape index (κ1) is 12.5. The van der Waals surface area contributed by atoms with Crippen LogP contribution in [0, 0.1) is 18.3 Å². The Morgan fingerprint density at radius 3 is 2.61 bits per heavy atom. The van der Waals surface area contributed by atoms with Crippen LogP contribution < -0.4 is 10.5 Å². The number of nitrogens with zero attached hydrogens (tertiary/aromatic N) is 1. The Morgan fingerprint density at radius 1 is 1.22 bits per heavy atom. The first-order valence-electron chi connectivity index (χ1n) is 5.34. The Hall–Kier alpha value is -1.99. The van der Waals surface area contributed by atoms with Crippen LogP contribution in [0.1, 0.15) is 11.1 Å². The van der Waals surface area contributed by atoms with Crippen molar-refractivity contribution in [2.24, 2.45) is 0 Å². The lowest BCUT2D eigenvalue weighted by molar-refractivity contribution is 0.484. The Morgan fingerprint density at radius 2 is 2.00 bits per heavy atom. The van der Waals surface area contributed by atoms with E-state index in [0.717, 1.165) is 10.0 Å². The molecule has 2 rings (SSSR count). The summed E-state index contributed by atoms with van der Waals surface area (Å²) in [6.07, 6.45) is 0. The van der Waals surface area contributed by atoms with Gasteiger partial charge in [0.2, 0.25) is 0 Å². The van der Waals surface area contributed by atoms with Crippen LogP contribution in [-0.4, -0.2) is 0 Å². The minimum absolute atomic E-state index is 0.453. The smallest absolute Gasteiger partial charge is 0.150 e. The van der Waals surface area contributed by atoms with E-state index in [4.69, 9.17) is 15.7 Å².